The normalized spacial score (nSPS) is 10.7. The van der Waals surface area contributed by atoms with Crippen LogP contribution in [0.5, 0.6) is 0 Å². The van der Waals surface area contributed by atoms with E-state index in [-0.39, 0.29) is 10.7 Å². The molecule has 0 aliphatic heterocycles. The minimum Gasteiger partial charge on any atom is -0.396 e. The van der Waals surface area contributed by atoms with Gasteiger partial charge >= 0.3 is 0 Å². The molecule has 0 aliphatic carbocycles. The molecule has 0 unspecified atom stereocenters. The van der Waals surface area contributed by atoms with E-state index < -0.39 is 5.82 Å². The highest BCUT2D eigenvalue weighted by atomic mass is 35.5. The van der Waals surface area contributed by atoms with Crippen LogP contribution in [0.2, 0.25) is 5.02 Å². The van der Waals surface area contributed by atoms with Gasteiger partial charge in [0.2, 0.25) is 0 Å². The zero-order valence-electron chi connectivity index (χ0n) is 8.74. The van der Waals surface area contributed by atoms with Crippen LogP contribution in [0, 0.1) is 5.82 Å². The number of rotatable bonds is 2. The van der Waals surface area contributed by atoms with Gasteiger partial charge in [-0.2, -0.15) is 5.10 Å². The van der Waals surface area contributed by atoms with Gasteiger partial charge in [-0.1, -0.05) is 17.7 Å². The third kappa shape index (κ3) is 1.76. The molecule has 0 radical (unpaired) electrons. The van der Waals surface area contributed by atoms with Gasteiger partial charge in [-0.25, -0.2) is 4.39 Å². The van der Waals surface area contributed by atoms with Gasteiger partial charge in [0.05, 0.1) is 16.9 Å². The van der Waals surface area contributed by atoms with Crippen LogP contribution in [0.3, 0.4) is 0 Å². The molecule has 0 saturated carbocycles. The van der Waals surface area contributed by atoms with Gasteiger partial charge in [-0.15, -0.1) is 0 Å². The monoisotopic (exact) mass is 239 g/mol. The topological polar surface area (TPSA) is 43.8 Å². The van der Waals surface area contributed by atoms with Crippen molar-refractivity contribution in [1.82, 2.24) is 9.78 Å². The number of halogens is 2. The smallest absolute Gasteiger partial charge is 0.165 e. The van der Waals surface area contributed by atoms with Crippen LogP contribution in [0.15, 0.2) is 24.5 Å². The summed E-state index contributed by atoms with van der Waals surface area (Å²) in [7, 11) is 0. The zero-order chi connectivity index (χ0) is 11.7. The molecule has 0 atom stereocenters. The molecule has 84 valence electrons. The number of nitrogens with zero attached hydrogens (tertiary/aromatic N) is 2. The predicted octanol–water partition coefficient (Wildman–Crippen LogP) is 2.94. The highest BCUT2D eigenvalue weighted by Crippen LogP contribution is 2.32. The molecule has 2 aromatic rings. The van der Waals surface area contributed by atoms with E-state index in [0.29, 0.717) is 5.56 Å². The molecule has 0 spiro atoms. The first-order valence-corrected chi connectivity index (χ1v) is 5.27. The Balaban J connectivity index is 2.52. The van der Waals surface area contributed by atoms with Crippen molar-refractivity contribution in [1.29, 1.82) is 0 Å². The highest BCUT2D eigenvalue weighted by molar-refractivity contribution is 6.33. The number of benzene rings is 1. The SMILES string of the molecule is CCn1cc(-c2ccc(N)c(F)c2Cl)cn1. The number of hydrogen-bond donors (Lipinski definition) is 1. The Bertz CT molecular complexity index is 522. The predicted molar refractivity (Wildman–Crippen MR) is 62.7 cm³/mol. The second-order valence-corrected chi connectivity index (χ2v) is 3.79. The maximum Gasteiger partial charge on any atom is 0.165 e. The van der Waals surface area contributed by atoms with E-state index in [1.165, 1.54) is 6.07 Å². The van der Waals surface area contributed by atoms with Gasteiger partial charge in [-0.05, 0) is 13.0 Å². The van der Waals surface area contributed by atoms with Crippen LogP contribution in [0.25, 0.3) is 11.1 Å². The summed E-state index contributed by atoms with van der Waals surface area (Å²) in [6.45, 7) is 2.73. The van der Waals surface area contributed by atoms with Crippen molar-refractivity contribution < 1.29 is 4.39 Å². The Morgan fingerprint density at radius 1 is 1.50 bits per heavy atom. The Morgan fingerprint density at radius 2 is 2.25 bits per heavy atom. The number of aryl methyl sites for hydroxylation is 1. The summed E-state index contributed by atoms with van der Waals surface area (Å²) in [5, 5.41) is 4.15. The largest absolute Gasteiger partial charge is 0.396 e. The van der Waals surface area contributed by atoms with Gasteiger partial charge in [-0.3, -0.25) is 4.68 Å². The molecule has 0 saturated heterocycles. The van der Waals surface area contributed by atoms with Crippen molar-refractivity contribution >= 4 is 17.3 Å². The van der Waals surface area contributed by atoms with Gasteiger partial charge in [0, 0.05) is 23.9 Å². The molecule has 3 nitrogen and oxygen atoms in total. The highest BCUT2D eigenvalue weighted by Gasteiger charge is 2.12. The fraction of sp³-hybridized carbons (Fsp3) is 0.182. The second kappa shape index (κ2) is 4.14. The summed E-state index contributed by atoms with van der Waals surface area (Å²) in [6, 6.07) is 3.19. The average molecular weight is 240 g/mol. The number of nitrogen functional groups attached to an aromatic ring is 1. The van der Waals surface area contributed by atoms with Crippen LogP contribution < -0.4 is 5.73 Å². The Labute approximate surface area is 97.6 Å². The van der Waals surface area contributed by atoms with E-state index in [1.54, 1.807) is 16.9 Å². The lowest BCUT2D eigenvalue weighted by atomic mass is 10.1. The van der Waals surface area contributed by atoms with Crippen LogP contribution in [0.4, 0.5) is 10.1 Å². The molecule has 2 N–H and O–H groups in total. The fourth-order valence-corrected chi connectivity index (χ4v) is 1.74. The molecule has 1 heterocycles. The Morgan fingerprint density at radius 3 is 2.88 bits per heavy atom. The van der Waals surface area contributed by atoms with Crippen molar-refractivity contribution in [2.45, 2.75) is 13.5 Å². The maximum absolute atomic E-state index is 13.5. The third-order valence-electron chi connectivity index (χ3n) is 2.38. The van der Waals surface area contributed by atoms with Crippen LogP contribution in [-0.4, -0.2) is 9.78 Å². The summed E-state index contributed by atoms with van der Waals surface area (Å²) in [5.74, 6) is -0.580. The second-order valence-electron chi connectivity index (χ2n) is 3.42. The van der Waals surface area contributed by atoms with Crippen molar-refractivity contribution in [2.24, 2.45) is 0 Å². The molecule has 0 amide bonds. The van der Waals surface area contributed by atoms with Gasteiger partial charge in [0.25, 0.3) is 0 Å². The Hall–Kier alpha value is -1.55. The molecular formula is C11H11ClFN3. The summed E-state index contributed by atoms with van der Waals surface area (Å²) < 4.78 is 15.2. The summed E-state index contributed by atoms with van der Waals surface area (Å²) in [6.07, 6.45) is 3.47. The standard InChI is InChI=1S/C11H11ClFN3/c1-2-16-6-7(5-15-16)8-3-4-9(14)11(13)10(8)12/h3-6H,2,14H2,1H3. The first kappa shape index (κ1) is 11.0. The van der Waals surface area contributed by atoms with Gasteiger partial charge in [0.1, 0.15) is 0 Å². The van der Waals surface area contributed by atoms with Gasteiger partial charge in [0.15, 0.2) is 5.82 Å². The van der Waals surface area contributed by atoms with E-state index in [1.807, 2.05) is 13.1 Å². The van der Waals surface area contributed by atoms with E-state index in [0.717, 1.165) is 12.1 Å². The fourth-order valence-electron chi connectivity index (χ4n) is 1.46. The van der Waals surface area contributed by atoms with Crippen molar-refractivity contribution in [3.8, 4) is 11.1 Å². The van der Waals surface area contributed by atoms with E-state index in [2.05, 4.69) is 5.10 Å². The number of hydrogen-bond acceptors (Lipinski definition) is 2. The van der Waals surface area contributed by atoms with Crippen molar-refractivity contribution in [3.63, 3.8) is 0 Å². The van der Waals surface area contributed by atoms with Crippen molar-refractivity contribution in [2.75, 3.05) is 5.73 Å². The summed E-state index contributed by atoms with van der Waals surface area (Å²) in [4.78, 5) is 0. The number of aromatic nitrogens is 2. The Kier molecular flexibility index (Phi) is 2.83. The molecular weight excluding hydrogens is 229 g/mol. The van der Waals surface area contributed by atoms with E-state index in [9.17, 15) is 4.39 Å². The van der Waals surface area contributed by atoms with Gasteiger partial charge < -0.3 is 5.73 Å². The van der Waals surface area contributed by atoms with Crippen molar-refractivity contribution in [3.05, 3.63) is 35.4 Å². The molecule has 2 rings (SSSR count). The molecule has 16 heavy (non-hydrogen) atoms. The maximum atomic E-state index is 13.5. The van der Waals surface area contributed by atoms with Crippen LogP contribution >= 0.6 is 11.6 Å². The molecule has 0 aliphatic rings. The lowest BCUT2D eigenvalue weighted by Gasteiger charge is -2.04. The molecule has 1 aromatic heterocycles. The third-order valence-corrected chi connectivity index (χ3v) is 2.75. The van der Waals surface area contributed by atoms with Crippen LogP contribution in [-0.2, 0) is 6.54 Å². The number of anilines is 1. The minimum absolute atomic E-state index is 0.0376. The first-order chi connectivity index (χ1) is 7.63. The summed E-state index contributed by atoms with van der Waals surface area (Å²) >= 11 is 5.89. The average Bonchev–Trinajstić information content (AvgIpc) is 2.74. The molecule has 0 fully saturated rings. The molecule has 5 heteroatoms. The minimum atomic E-state index is -0.580. The van der Waals surface area contributed by atoms with E-state index >= 15 is 0 Å². The first-order valence-electron chi connectivity index (χ1n) is 4.89. The summed E-state index contributed by atoms with van der Waals surface area (Å²) in [5.41, 5.74) is 6.86. The quantitative estimate of drug-likeness (QED) is 0.819. The lowest BCUT2D eigenvalue weighted by Crippen LogP contribution is -1.93. The van der Waals surface area contributed by atoms with Crippen LogP contribution in [0.1, 0.15) is 6.92 Å². The number of nitrogens with two attached hydrogens (primary N) is 1. The molecule has 0 bridgehead atoms. The lowest BCUT2D eigenvalue weighted by molar-refractivity contribution is 0.633. The molecule has 1 aromatic carbocycles. The van der Waals surface area contributed by atoms with E-state index in [4.69, 9.17) is 17.3 Å². The zero-order valence-corrected chi connectivity index (χ0v) is 9.50.